The molecule has 1 amide bonds. The number of nitrogens with one attached hydrogen (secondary N) is 2. The van der Waals surface area contributed by atoms with Gasteiger partial charge in [0, 0.05) is 6.04 Å². The number of rotatable bonds is 7. The summed E-state index contributed by atoms with van der Waals surface area (Å²) in [4.78, 5) is 25.0. The molecule has 26 heavy (non-hydrogen) atoms. The van der Waals surface area contributed by atoms with E-state index in [1.54, 1.807) is 0 Å². The maximum atomic E-state index is 12.8. The lowest BCUT2D eigenvalue weighted by molar-refractivity contribution is -0.113. The topological polar surface area (TPSA) is 66.9 Å². The molecule has 2 aromatic rings. The molecule has 0 aliphatic carbocycles. The molecular weight excluding hydrogens is 346 g/mol. The van der Waals surface area contributed by atoms with Crippen molar-refractivity contribution in [2.75, 3.05) is 11.1 Å². The third kappa shape index (κ3) is 4.06. The molecule has 2 atom stereocenters. The lowest BCUT2D eigenvalue weighted by Crippen LogP contribution is -2.18. The minimum atomic E-state index is -0.137. The van der Waals surface area contributed by atoms with Crippen LogP contribution in [0.5, 0.6) is 0 Å². The normalized spacial score (nSPS) is 18.1. The molecule has 6 heteroatoms. The molecule has 3 rings (SSSR count). The fourth-order valence-electron chi connectivity index (χ4n) is 3.46. The Bertz CT molecular complexity index is 797. The fraction of sp³-hybridized carbons (Fsp3) is 0.500. The largest absolute Gasteiger partial charge is 0.310 e. The monoisotopic (exact) mass is 373 g/mol. The molecule has 0 spiro atoms. The number of carbonyl (C=O) groups excluding carboxylic acids is 1. The van der Waals surface area contributed by atoms with Gasteiger partial charge in [-0.15, -0.1) is 11.8 Å². The van der Waals surface area contributed by atoms with Crippen LogP contribution < -0.4 is 10.9 Å². The number of hydrogen-bond donors (Lipinski definition) is 2. The lowest BCUT2D eigenvalue weighted by Gasteiger charge is -2.17. The zero-order chi connectivity index (χ0) is 18.5. The number of fused-ring (bicyclic) bond motifs is 1. The highest BCUT2D eigenvalue weighted by Gasteiger charge is 2.31. The Balaban J connectivity index is 1.93. The van der Waals surface area contributed by atoms with E-state index in [1.807, 2.05) is 35.0 Å². The van der Waals surface area contributed by atoms with Crippen LogP contribution in [0, 0.1) is 0 Å². The van der Waals surface area contributed by atoms with E-state index in [0.29, 0.717) is 17.1 Å². The Labute approximate surface area is 158 Å². The van der Waals surface area contributed by atoms with E-state index in [0.717, 1.165) is 18.4 Å². The van der Waals surface area contributed by atoms with Gasteiger partial charge < -0.3 is 5.32 Å². The Morgan fingerprint density at radius 3 is 2.69 bits per heavy atom. The van der Waals surface area contributed by atoms with Crippen molar-refractivity contribution in [1.29, 1.82) is 0 Å². The van der Waals surface area contributed by atoms with E-state index in [2.05, 4.69) is 24.3 Å². The second-order valence-electron chi connectivity index (χ2n) is 6.92. The molecule has 0 radical (unpaired) electrons. The SMILES string of the molecule is CCCCCC[C@@H](C)n1[nH]c(=O)c2c1NC(=O)CS[C@H]2c1ccccc1. The molecule has 140 valence electrons. The number of aromatic nitrogens is 2. The van der Waals surface area contributed by atoms with E-state index in [1.165, 1.54) is 31.0 Å². The molecule has 1 aromatic carbocycles. The van der Waals surface area contributed by atoms with Crippen LogP contribution in [0.2, 0.25) is 0 Å². The van der Waals surface area contributed by atoms with Gasteiger partial charge in [-0.25, -0.2) is 0 Å². The molecule has 1 aromatic heterocycles. The first-order chi connectivity index (χ1) is 12.6. The van der Waals surface area contributed by atoms with E-state index in [4.69, 9.17) is 0 Å². The number of anilines is 1. The number of aromatic amines is 1. The second kappa shape index (κ2) is 8.62. The minimum absolute atomic E-state index is 0.0550. The van der Waals surface area contributed by atoms with Gasteiger partial charge in [-0.3, -0.25) is 19.4 Å². The van der Waals surface area contributed by atoms with Crippen molar-refractivity contribution >= 4 is 23.5 Å². The van der Waals surface area contributed by atoms with Crippen LogP contribution in [0.1, 0.15) is 68.4 Å². The van der Waals surface area contributed by atoms with E-state index >= 15 is 0 Å². The molecule has 0 bridgehead atoms. The summed E-state index contributed by atoms with van der Waals surface area (Å²) < 4.78 is 1.86. The van der Waals surface area contributed by atoms with Gasteiger partial charge in [-0.2, -0.15) is 0 Å². The zero-order valence-corrected chi connectivity index (χ0v) is 16.3. The molecule has 0 fully saturated rings. The van der Waals surface area contributed by atoms with Gasteiger partial charge in [-0.05, 0) is 18.9 Å². The molecule has 5 nitrogen and oxygen atoms in total. The Kier molecular flexibility index (Phi) is 6.25. The average Bonchev–Trinajstić information content (AvgIpc) is 2.85. The summed E-state index contributed by atoms with van der Waals surface area (Å²) in [7, 11) is 0. The fourth-order valence-corrected chi connectivity index (χ4v) is 4.59. The number of amides is 1. The molecule has 2 N–H and O–H groups in total. The molecule has 2 heterocycles. The van der Waals surface area contributed by atoms with Gasteiger partial charge in [0.1, 0.15) is 5.82 Å². The van der Waals surface area contributed by atoms with Crippen molar-refractivity contribution < 1.29 is 4.79 Å². The summed E-state index contributed by atoms with van der Waals surface area (Å²) in [6, 6.07) is 10.1. The first kappa shape index (κ1) is 18.8. The summed E-state index contributed by atoms with van der Waals surface area (Å²) >= 11 is 1.51. The maximum Gasteiger partial charge on any atom is 0.270 e. The second-order valence-corrected chi connectivity index (χ2v) is 8.01. The molecule has 1 aliphatic heterocycles. The first-order valence-corrected chi connectivity index (χ1v) is 10.5. The van der Waals surface area contributed by atoms with Crippen LogP contribution in [0.4, 0.5) is 5.82 Å². The highest BCUT2D eigenvalue weighted by Crippen LogP contribution is 2.40. The Morgan fingerprint density at radius 2 is 1.96 bits per heavy atom. The van der Waals surface area contributed by atoms with Gasteiger partial charge in [0.05, 0.1) is 16.6 Å². The summed E-state index contributed by atoms with van der Waals surface area (Å²) in [5.74, 6) is 0.931. The van der Waals surface area contributed by atoms with Crippen LogP contribution in [-0.2, 0) is 4.79 Å². The standard InChI is InChI=1S/C20H27N3O2S/c1-3-4-5-7-10-14(2)23-19-17(20(25)22-23)18(26-13-16(24)21-19)15-11-8-6-9-12-15/h6,8-9,11-12,14,18H,3-5,7,10,13H2,1-2H3,(H,21,24)(H,22,25)/t14-,18+/m1/s1. The molecule has 0 saturated carbocycles. The highest BCUT2D eigenvalue weighted by molar-refractivity contribution is 8.00. The number of H-pyrrole nitrogens is 1. The van der Waals surface area contributed by atoms with E-state index in [-0.39, 0.29) is 22.8 Å². The van der Waals surface area contributed by atoms with Crippen LogP contribution in [0.15, 0.2) is 35.1 Å². The summed E-state index contributed by atoms with van der Waals surface area (Å²) in [5, 5.41) is 5.81. The lowest BCUT2D eigenvalue weighted by atomic mass is 10.1. The number of benzene rings is 1. The minimum Gasteiger partial charge on any atom is -0.310 e. The van der Waals surface area contributed by atoms with Crippen LogP contribution in [0.3, 0.4) is 0 Å². The van der Waals surface area contributed by atoms with Crippen molar-refractivity contribution in [3.8, 4) is 0 Å². The van der Waals surface area contributed by atoms with Crippen LogP contribution in [-0.4, -0.2) is 21.4 Å². The predicted octanol–water partition coefficient (Wildman–Crippen LogP) is 4.48. The Morgan fingerprint density at radius 1 is 1.19 bits per heavy atom. The quantitative estimate of drug-likeness (QED) is 0.703. The third-order valence-corrected chi connectivity index (χ3v) is 6.15. The van der Waals surface area contributed by atoms with Crippen molar-refractivity contribution in [2.45, 2.75) is 57.2 Å². The van der Waals surface area contributed by atoms with E-state index < -0.39 is 0 Å². The number of nitrogens with zero attached hydrogens (tertiary/aromatic N) is 1. The molecular formula is C20H27N3O2S. The number of carbonyl (C=O) groups is 1. The average molecular weight is 374 g/mol. The Hall–Kier alpha value is -1.95. The smallest absolute Gasteiger partial charge is 0.270 e. The van der Waals surface area contributed by atoms with Crippen molar-refractivity contribution in [3.05, 3.63) is 51.8 Å². The maximum absolute atomic E-state index is 12.8. The van der Waals surface area contributed by atoms with Crippen LogP contribution in [0.25, 0.3) is 0 Å². The summed E-state index contributed by atoms with van der Waals surface area (Å²) in [5.41, 5.74) is 1.60. The van der Waals surface area contributed by atoms with Crippen molar-refractivity contribution in [2.24, 2.45) is 0 Å². The zero-order valence-electron chi connectivity index (χ0n) is 15.5. The van der Waals surface area contributed by atoms with Crippen LogP contribution >= 0.6 is 11.8 Å². The van der Waals surface area contributed by atoms with Gasteiger partial charge in [0.25, 0.3) is 5.56 Å². The van der Waals surface area contributed by atoms with E-state index in [9.17, 15) is 9.59 Å². The first-order valence-electron chi connectivity index (χ1n) is 9.42. The number of unbranched alkanes of at least 4 members (excludes halogenated alkanes) is 3. The predicted molar refractivity (Wildman–Crippen MR) is 108 cm³/mol. The van der Waals surface area contributed by atoms with Gasteiger partial charge in [-0.1, -0.05) is 62.9 Å². The summed E-state index contributed by atoms with van der Waals surface area (Å²) in [6.45, 7) is 4.30. The summed E-state index contributed by atoms with van der Waals surface area (Å²) in [6.07, 6.45) is 5.74. The van der Waals surface area contributed by atoms with Gasteiger partial charge >= 0.3 is 0 Å². The third-order valence-electron chi connectivity index (χ3n) is 4.88. The van der Waals surface area contributed by atoms with Gasteiger partial charge in [0.2, 0.25) is 5.91 Å². The number of thioether (sulfide) groups is 1. The van der Waals surface area contributed by atoms with Crippen molar-refractivity contribution in [3.63, 3.8) is 0 Å². The highest BCUT2D eigenvalue weighted by atomic mass is 32.2. The van der Waals surface area contributed by atoms with Gasteiger partial charge in [0.15, 0.2) is 0 Å². The molecule has 1 aliphatic rings. The molecule has 0 saturated heterocycles. The van der Waals surface area contributed by atoms with Crippen molar-refractivity contribution in [1.82, 2.24) is 9.78 Å². The molecule has 0 unspecified atom stereocenters. The number of hydrogen-bond acceptors (Lipinski definition) is 3.